The standard InChI is InChI=1S/C20H11BNO10S/c23-17-12-6-1-2-7-13(12)18(24)16-14(17)9-15(33(28,29)30)19-20(16)32-21(25,31-19)10-4-3-5-11(8-10)22(26)27/h1-9,25H,(H,28,29,30)/q-1. The van der Waals surface area contributed by atoms with Gasteiger partial charge in [-0.25, -0.2) is 0 Å². The molecule has 0 amide bonds. The zero-order valence-corrected chi connectivity index (χ0v) is 17.1. The maximum atomic E-state index is 13.2. The van der Waals surface area contributed by atoms with E-state index >= 15 is 0 Å². The summed E-state index contributed by atoms with van der Waals surface area (Å²) in [7, 11) is -5.01. The van der Waals surface area contributed by atoms with Crippen molar-refractivity contribution in [3.8, 4) is 11.5 Å². The first kappa shape index (κ1) is 20.8. The monoisotopic (exact) mass is 468 g/mol. The first-order valence-electron chi connectivity index (χ1n) is 9.37. The molecule has 0 bridgehead atoms. The van der Waals surface area contributed by atoms with Crippen LogP contribution in [0.5, 0.6) is 11.5 Å². The van der Waals surface area contributed by atoms with Gasteiger partial charge in [-0.05, 0) is 12.1 Å². The zero-order chi connectivity index (χ0) is 23.7. The van der Waals surface area contributed by atoms with Crippen LogP contribution >= 0.6 is 0 Å². The number of fused-ring (bicyclic) bond motifs is 4. The van der Waals surface area contributed by atoms with Crippen molar-refractivity contribution in [2.45, 2.75) is 4.90 Å². The van der Waals surface area contributed by atoms with Crippen LogP contribution in [-0.2, 0) is 10.1 Å². The van der Waals surface area contributed by atoms with E-state index in [1.165, 1.54) is 36.4 Å². The van der Waals surface area contributed by atoms with Crippen molar-refractivity contribution in [3.63, 3.8) is 0 Å². The molecule has 13 heteroatoms. The van der Waals surface area contributed by atoms with Gasteiger partial charge in [0.15, 0.2) is 11.6 Å². The second-order valence-electron chi connectivity index (χ2n) is 7.39. The van der Waals surface area contributed by atoms with E-state index in [-0.39, 0.29) is 27.7 Å². The van der Waals surface area contributed by atoms with Crippen molar-refractivity contribution >= 4 is 39.6 Å². The highest BCUT2D eigenvalue weighted by Crippen LogP contribution is 2.48. The predicted octanol–water partition coefficient (Wildman–Crippen LogP) is 1.23. The second-order valence-corrected chi connectivity index (χ2v) is 8.78. The van der Waals surface area contributed by atoms with Crippen molar-refractivity contribution in [3.05, 3.63) is 87.0 Å². The van der Waals surface area contributed by atoms with Crippen molar-refractivity contribution in [1.82, 2.24) is 0 Å². The average molecular weight is 468 g/mol. The Balaban J connectivity index is 1.76. The van der Waals surface area contributed by atoms with Gasteiger partial charge >= 0.3 is 6.75 Å². The third-order valence-corrected chi connectivity index (χ3v) is 6.28. The molecule has 166 valence electrons. The first-order chi connectivity index (χ1) is 15.5. The fourth-order valence-corrected chi connectivity index (χ4v) is 4.58. The van der Waals surface area contributed by atoms with Crippen LogP contribution in [-0.4, -0.2) is 41.2 Å². The maximum absolute atomic E-state index is 13.2. The van der Waals surface area contributed by atoms with Gasteiger partial charge in [-0.3, -0.25) is 24.3 Å². The third-order valence-electron chi connectivity index (χ3n) is 5.43. The Bertz CT molecular complexity index is 1530. The number of benzene rings is 3. The summed E-state index contributed by atoms with van der Waals surface area (Å²) in [6.45, 7) is -3.60. The van der Waals surface area contributed by atoms with Gasteiger partial charge < -0.3 is 14.3 Å². The molecule has 3 aromatic rings. The minimum atomic E-state index is -5.01. The highest BCUT2D eigenvalue weighted by Gasteiger charge is 2.46. The second kappa shape index (κ2) is 6.72. The van der Waals surface area contributed by atoms with Gasteiger partial charge in [-0.1, -0.05) is 41.9 Å². The highest BCUT2D eigenvalue weighted by atomic mass is 32.2. The maximum Gasteiger partial charge on any atom is 0.521 e. The first-order valence-corrected chi connectivity index (χ1v) is 10.8. The fraction of sp³-hybridized carbons (Fsp3) is 0. The smallest absolute Gasteiger partial charge is 0.521 e. The van der Waals surface area contributed by atoms with E-state index < -0.39 is 55.4 Å². The van der Waals surface area contributed by atoms with Crippen LogP contribution < -0.4 is 14.8 Å². The summed E-state index contributed by atoms with van der Waals surface area (Å²) in [5, 5.41) is 22.2. The number of non-ortho nitro benzene ring substituents is 1. The molecule has 0 saturated heterocycles. The molecule has 0 spiro atoms. The van der Waals surface area contributed by atoms with Gasteiger partial charge in [-0.2, -0.15) is 8.42 Å². The number of carbonyl (C=O) groups is 2. The van der Waals surface area contributed by atoms with Crippen molar-refractivity contribution in [1.29, 1.82) is 0 Å². The minimum Gasteiger partial charge on any atom is -0.653 e. The molecule has 1 unspecified atom stereocenters. The minimum absolute atomic E-state index is 0.0228. The summed E-state index contributed by atoms with van der Waals surface area (Å²) in [4.78, 5) is 35.7. The molecule has 1 heterocycles. The Kier molecular flexibility index (Phi) is 4.24. The van der Waals surface area contributed by atoms with Crippen LogP contribution in [0.25, 0.3) is 0 Å². The lowest BCUT2D eigenvalue weighted by atomic mass is 9.70. The lowest BCUT2D eigenvalue weighted by Gasteiger charge is -2.29. The summed E-state index contributed by atoms with van der Waals surface area (Å²) in [5.41, 5.74) is -1.32. The Labute approximate surface area is 185 Å². The predicted molar refractivity (Wildman–Crippen MR) is 112 cm³/mol. The van der Waals surface area contributed by atoms with Gasteiger partial charge in [0, 0.05) is 22.8 Å². The summed E-state index contributed by atoms with van der Waals surface area (Å²) < 4.78 is 44.8. The van der Waals surface area contributed by atoms with Gasteiger partial charge in [0.05, 0.1) is 10.5 Å². The number of carbonyl (C=O) groups excluding carboxylic acids is 2. The van der Waals surface area contributed by atoms with Crippen LogP contribution in [0.2, 0.25) is 0 Å². The normalized spacial score (nSPS) is 18.6. The summed E-state index contributed by atoms with van der Waals surface area (Å²) in [6.07, 6.45) is 0. The van der Waals surface area contributed by atoms with E-state index in [9.17, 15) is 37.7 Å². The van der Waals surface area contributed by atoms with E-state index in [4.69, 9.17) is 9.31 Å². The SMILES string of the molecule is O=C1c2ccccc2C(=O)c2c1cc(S(=O)(=O)O)c1c2O[B-](O)(c2cccc([N+](=O)[O-])c2)O1. The lowest BCUT2D eigenvalue weighted by molar-refractivity contribution is -0.384. The zero-order valence-electron chi connectivity index (χ0n) is 16.3. The number of nitrogens with zero attached hydrogens (tertiary/aromatic N) is 1. The van der Waals surface area contributed by atoms with E-state index in [1.807, 2.05) is 0 Å². The number of ketones is 2. The highest BCUT2D eigenvalue weighted by molar-refractivity contribution is 7.86. The number of hydrogen-bond donors (Lipinski definition) is 2. The van der Waals surface area contributed by atoms with E-state index in [1.54, 1.807) is 0 Å². The fourth-order valence-electron chi connectivity index (χ4n) is 3.94. The van der Waals surface area contributed by atoms with Crippen molar-refractivity contribution in [2.24, 2.45) is 0 Å². The number of nitro benzene ring substituents is 1. The van der Waals surface area contributed by atoms with Crippen molar-refractivity contribution < 1.29 is 41.8 Å². The molecular formula is C20H11BNO10S-. The van der Waals surface area contributed by atoms with E-state index in [0.717, 1.165) is 18.2 Å². The quantitative estimate of drug-likeness (QED) is 0.193. The third kappa shape index (κ3) is 3.02. The molecular weight excluding hydrogens is 457 g/mol. The van der Waals surface area contributed by atoms with Crippen molar-refractivity contribution in [2.75, 3.05) is 0 Å². The summed E-state index contributed by atoms with van der Waals surface area (Å²) in [6, 6.07) is 11.2. The Morgan fingerprint density at radius 2 is 1.52 bits per heavy atom. The Hall–Kier alpha value is -4.07. The lowest BCUT2D eigenvalue weighted by Crippen LogP contribution is -2.57. The summed E-state index contributed by atoms with van der Waals surface area (Å²) in [5.74, 6) is -2.65. The van der Waals surface area contributed by atoms with Crippen LogP contribution in [0, 0.1) is 10.1 Å². The number of nitro groups is 1. The molecule has 3 aromatic carbocycles. The average Bonchev–Trinajstić information content (AvgIpc) is 3.14. The number of hydrogen-bond acceptors (Lipinski definition) is 9. The molecule has 33 heavy (non-hydrogen) atoms. The molecule has 2 N–H and O–H groups in total. The van der Waals surface area contributed by atoms with E-state index in [2.05, 4.69) is 0 Å². The molecule has 1 aliphatic carbocycles. The molecule has 1 aliphatic heterocycles. The molecule has 1 atom stereocenters. The van der Waals surface area contributed by atoms with Gasteiger partial charge in [0.2, 0.25) is 0 Å². The van der Waals surface area contributed by atoms with Crippen LogP contribution in [0.4, 0.5) is 5.69 Å². The topological polar surface area (TPSA) is 170 Å². The van der Waals surface area contributed by atoms with Gasteiger partial charge in [0.1, 0.15) is 16.4 Å². The molecule has 11 nitrogen and oxygen atoms in total. The largest absolute Gasteiger partial charge is 0.653 e. The van der Waals surface area contributed by atoms with Gasteiger partial charge in [-0.15, -0.1) is 0 Å². The van der Waals surface area contributed by atoms with E-state index in [0.29, 0.717) is 0 Å². The van der Waals surface area contributed by atoms with Crippen LogP contribution in [0.15, 0.2) is 59.5 Å². The molecule has 0 fully saturated rings. The molecule has 0 saturated carbocycles. The molecule has 0 aromatic heterocycles. The summed E-state index contributed by atoms with van der Waals surface area (Å²) >= 11 is 0. The molecule has 2 aliphatic rings. The number of rotatable bonds is 3. The van der Waals surface area contributed by atoms with Crippen LogP contribution in [0.1, 0.15) is 31.8 Å². The Morgan fingerprint density at radius 3 is 2.15 bits per heavy atom. The van der Waals surface area contributed by atoms with Gasteiger partial charge in [0.25, 0.3) is 15.8 Å². The molecule has 5 rings (SSSR count). The molecule has 0 radical (unpaired) electrons. The van der Waals surface area contributed by atoms with Crippen LogP contribution in [0.3, 0.4) is 0 Å². The Morgan fingerprint density at radius 1 is 0.879 bits per heavy atom.